The zero-order chi connectivity index (χ0) is 24.0. The van der Waals surface area contributed by atoms with Crippen molar-refractivity contribution in [3.63, 3.8) is 0 Å². The van der Waals surface area contributed by atoms with Crippen LogP contribution in [0.15, 0.2) is 17.6 Å². The van der Waals surface area contributed by atoms with E-state index >= 15 is 0 Å². The molecular formula is C25H39BO4S. The lowest BCUT2D eigenvalue weighted by Gasteiger charge is -2.32. The summed E-state index contributed by atoms with van der Waals surface area (Å²) in [6.07, 6.45) is 1.94. The van der Waals surface area contributed by atoms with E-state index in [1.807, 2.05) is 39.8 Å². The molecule has 1 N–H and O–H groups in total. The molecule has 6 heteroatoms. The Bertz CT molecular complexity index is 857. The fourth-order valence-electron chi connectivity index (χ4n) is 3.33. The average molecular weight is 446 g/mol. The van der Waals surface area contributed by atoms with Crippen LogP contribution in [0, 0.1) is 0 Å². The normalized spacial score (nSPS) is 19.1. The molecule has 31 heavy (non-hydrogen) atoms. The molecule has 0 spiro atoms. The molecule has 0 saturated carbocycles. The van der Waals surface area contributed by atoms with Crippen LogP contribution in [0.3, 0.4) is 0 Å². The maximum absolute atomic E-state index is 11.7. The molecule has 4 nitrogen and oxygen atoms in total. The minimum atomic E-state index is -0.576. The third-order valence-corrected chi connectivity index (χ3v) is 7.04. The number of rotatable bonds is 4. The second-order valence-corrected chi connectivity index (χ2v) is 12.7. The second kappa shape index (κ2) is 8.60. The summed E-state index contributed by atoms with van der Waals surface area (Å²) >= 11 is 1.22. The fourth-order valence-corrected chi connectivity index (χ4v) is 3.92. The molecule has 1 aromatic rings. The molecule has 1 heterocycles. The van der Waals surface area contributed by atoms with E-state index in [1.165, 1.54) is 11.8 Å². The third kappa shape index (κ3) is 5.97. The van der Waals surface area contributed by atoms with Crippen molar-refractivity contribution in [1.29, 1.82) is 0 Å². The summed E-state index contributed by atoms with van der Waals surface area (Å²) in [5.41, 5.74) is 2.35. The number of aromatic hydroxyl groups is 1. The summed E-state index contributed by atoms with van der Waals surface area (Å²) in [6.45, 7) is 22.4. The SMILES string of the molecule is CC(=O)SCC(=Cc1cc(C(C)(C)C)cc(C(C)(C)C)c1O)B1OC(C)(C)C(C)(C)O1. The smallest absolute Gasteiger partial charge is 0.491 e. The summed E-state index contributed by atoms with van der Waals surface area (Å²) in [5, 5.41) is 11.2. The van der Waals surface area contributed by atoms with Gasteiger partial charge in [0.25, 0.3) is 0 Å². The number of hydrogen-bond donors (Lipinski definition) is 1. The first-order valence-corrected chi connectivity index (χ1v) is 11.9. The quantitative estimate of drug-likeness (QED) is 0.552. The van der Waals surface area contributed by atoms with Gasteiger partial charge < -0.3 is 14.4 Å². The van der Waals surface area contributed by atoms with E-state index in [0.29, 0.717) is 5.75 Å². The molecule has 0 aromatic heterocycles. The topological polar surface area (TPSA) is 55.8 Å². The highest BCUT2D eigenvalue weighted by Gasteiger charge is 2.52. The molecule has 1 aliphatic rings. The van der Waals surface area contributed by atoms with E-state index in [9.17, 15) is 9.90 Å². The van der Waals surface area contributed by atoms with Crippen LogP contribution >= 0.6 is 11.8 Å². The van der Waals surface area contributed by atoms with Crippen molar-refractivity contribution in [3.05, 3.63) is 34.3 Å². The highest BCUT2D eigenvalue weighted by molar-refractivity contribution is 8.13. The highest BCUT2D eigenvalue weighted by Crippen LogP contribution is 2.42. The zero-order valence-electron chi connectivity index (χ0n) is 21.1. The molecule has 0 unspecified atom stereocenters. The van der Waals surface area contributed by atoms with Crippen molar-refractivity contribution in [2.45, 2.75) is 98.2 Å². The van der Waals surface area contributed by atoms with E-state index < -0.39 is 18.3 Å². The van der Waals surface area contributed by atoms with Gasteiger partial charge in [-0.15, -0.1) is 0 Å². The summed E-state index contributed by atoms with van der Waals surface area (Å²) in [5.74, 6) is 0.707. The standard InChI is InChI=1S/C25H39BO4S/c1-16(27)31-15-19(26-29-24(8,9)25(10,11)30-26)13-17-12-18(22(2,3)4)14-20(21(17)28)23(5,6)7/h12-14,28H,15H2,1-11H3. The molecule has 0 bridgehead atoms. The maximum Gasteiger partial charge on any atom is 0.491 e. The van der Waals surface area contributed by atoms with E-state index in [2.05, 4.69) is 47.6 Å². The molecule has 0 aliphatic carbocycles. The van der Waals surface area contributed by atoms with Crippen LogP contribution in [-0.2, 0) is 24.9 Å². The van der Waals surface area contributed by atoms with Gasteiger partial charge in [-0.3, -0.25) is 4.79 Å². The first-order chi connectivity index (χ1) is 13.8. The minimum Gasteiger partial charge on any atom is -0.507 e. The lowest BCUT2D eigenvalue weighted by molar-refractivity contribution is -0.109. The summed E-state index contributed by atoms with van der Waals surface area (Å²) in [6, 6.07) is 4.14. The lowest BCUT2D eigenvalue weighted by Crippen LogP contribution is -2.41. The Kier molecular flexibility index (Phi) is 7.22. The summed E-state index contributed by atoms with van der Waals surface area (Å²) in [4.78, 5) is 11.7. The number of hydrogen-bond acceptors (Lipinski definition) is 5. The predicted octanol–water partition coefficient (Wildman–Crippen LogP) is 6.28. The molecule has 2 rings (SSSR count). The van der Waals surface area contributed by atoms with Crippen molar-refractivity contribution < 1.29 is 19.2 Å². The molecule has 1 aliphatic heterocycles. The van der Waals surface area contributed by atoms with E-state index in [4.69, 9.17) is 9.31 Å². The van der Waals surface area contributed by atoms with Crippen LogP contribution in [0.2, 0.25) is 0 Å². The average Bonchev–Trinajstić information content (AvgIpc) is 2.78. The summed E-state index contributed by atoms with van der Waals surface area (Å²) < 4.78 is 12.5. The molecule has 0 amide bonds. The second-order valence-electron chi connectivity index (χ2n) is 11.5. The number of phenolic OH excluding ortho intramolecular Hbond substituents is 1. The Morgan fingerprint density at radius 3 is 1.97 bits per heavy atom. The number of benzene rings is 1. The van der Waals surface area contributed by atoms with Crippen molar-refractivity contribution in [1.82, 2.24) is 0 Å². The predicted molar refractivity (Wildman–Crippen MR) is 133 cm³/mol. The van der Waals surface area contributed by atoms with Gasteiger partial charge in [0.05, 0.1) is 11.2 Å². The number of carbonyl (C=O) groups is 1. The maximum atomic E-state index is 11.7. The Balaban J connectivity index is 2.65. The van der Waals surface area contributed by atoms with Gasteiger partial charge in [-0.05, 0) is 55.6 Å². The first-order valence-electron chi connectivity index (χ1n) is 10.9. The molecule has 0 atom stereocenters. The van der Waals surface area contributed by atoms with Crippen LogP contribution in [0.4, 0.5) is 0 Å². The Morgan fingerprint density at radius 1 is 1.03 bits per heavy atom. The minimum absolute atomic E-state index is 0.0328. The fraction of sp³-hybridized carbons (Fsp3) is 0.640. The van der Waals surface area contributed by atoms with Gasteiger partial charge in [-0.2, -0.15) is 0 Å². The molecule has 1 saturated heterocycles. The van der Waals surface area contributed by atoms with Gasteiger partial charge in [0.2, 0.25) is 0 Å². The third-order valence-electron chi connectivity index (χ3n) is 6.15. The Labute approximate surface area is 193 Å². The van der Waals surface area contributed by atoms with Gasteiger partial charge >= 0.3 is 7.12 Å². The van der Waals surface area contributed by atoms with E-state index in [0.717, 1.165) is 22.2 Å². The Morgan fingerprint density at radius 2 is 1.55 bits per heavy atom. The van der Waals surface area contributed by atoms with Gasteiger partial charge in [-0.1, -0.05) is 65.4 Å². The van der Waals surface area contributed by atoms with Crippen LogP contribution in [0.5, 0.6) is 5.75 Å². The van der Waals surface area contributed by atoms with Gasteiger partial charge in [0, 0.05) is 23.8 Å². The van der Waals surface area contributed by atoms with E-state index in [1.54, 1.807) is 6.92 Å². The molecule has 1 aromatic carbocycles. The molecular weight excluding hydrogens is 407 g/mol. The highest BCUT2D eigenvalue weighted by atomic mass is 32.2. The summed E-state index contributed by atoms with van der Waals surface area (Å²) in [7, 11) is -0.576. The molecule has 172 valence electrons. The van der Waals surface area contributed by atoms with Crippen LogP contribution in [-0.4, -0.2) is 34.3 Å². The van der Waals surface area contributed by atoms with Gasteiger partial charge in [0.1, 0.15) is 5.75 Å². The molecule has 1 fully saturated rings. The van der Waals surface area contributed by atoms with Gasteiger partial charge in [0.15, 0.2) is 5.12 Å². The largest absolute Gasteiger partial charge is 0.507 e. The van der Waals surface area contributed by atoms with Crippen LogP contribution < -0.4 is 0 Å². The van der Waals surface area contributed by atoms with Gasteiger partial charge in [-0.25, -0.2) is 0 Å². The molecule has 0 radical (unpaired) electrons. The van der Waals surface area contributed by atoms with E-state index in [-0.39, 0.29) is 21.7 Å². The van der Waals surface area contributed by atoms with Crippen molar-refractivity contribution in [3.8, 4) is 5.75 Å². The Hall–Kier alpha value is -1.24. The van der Waals surface area contributed by atoms with Crippen molar-refractivity contribution in [2.75, 3.05) is 5.75 Å². The number of carbonyl (C=O) groups excluding carboxylic acids is 1. The lowest BCUT2D eigenvalue weighted by atomic mass is 9.76. The zero-order valence-corrected chi connectivity index (χ0v) is 21.9. The first kappa shape index (κ1) is 26.0. The number of thioether (sulfide) groups is 1. The van der Waals surface area contributed by atoms with Crippen LogP contribution in [0.1, 0.15) is 92.9 Å². The van der Waals surface area contributed by atoms with Crippen LogP contribution in [0.25, 0.3) is 6.08 Å². The number of phenols is 1. The van der Waals surface area contributed by atoms with Crippen molar-refractivity contribution >= 4 is 30.1 Å². The van der Waals surface area contributed by atoms with Crippen molar-refractivity contribution in [2.24, 2.45) is 0 Å². The monoisotopic (exact) mass is 446 g/mol.